The predicted octanol–water partition coefficient (Wildman–Crippen LogP) is 4.02. The van der Waals surface area contributed by atoms with Crippen molar-refractivity contribution in [2.75, 3.05) is 0 Å². The molecule has 0 saturated carbocycles. The van der Waals surface area contributed by atoms with E-state index in [0.29, 0.717) is 6.42 Å². The topological polar surface area (TPSA) is 112 Å². The van der Waals surface area contributed by atoms with Gasteiger partial charge in [-0.1, -0.05) is 61.9 Å². The standard InChI is InChI=1S/C19H25O6PS/c1-2-5-16-7-3-8-18(14-16)17-12-10-15(11-13-17)6-4-9-19(26(20,21)22)27(23,24)25/h3,7-8,10-14,19H,2,4-6,9H2,1H3,(H2,20,21,22)(H,23,24,25). The normalized spacial score (nSPS) is 13.5. The molecule has 2 aromatic carbocycles. The van der Waals surface area contributed by atoms with Crippen LogP contribution < -0.4 is 0 Å². The summed E-state index contributed by atoms with van der Waals surface area (Å²) < 4.78 is 42.6. The first-order valence-corrected chi connectivity index (χ1v) is 12.0. The molecule has 6 nitrogen and oxygen atoms in total. The molecule has 0 radical (unpaired) electrons. The minimum atomic E-state index is -4.92. The maximum absolute atomic E-state index is 11.3. The van der Waals surface area contributed by atoms with Crippen LogP contribution in [0.1, 0.15) is 37.3 Å². The van der Waals surface area contributed by atoms with Gasteiger partial charge in [-0.2, -0.15) is 8.42 Å². The van der Waals surface area contributed by atoms with Crippen molar-refractivity contribution < 1.29 is 27.3 Å². The summed E-state index contributed by atoms with van der Waals surface area (Å²) in [6.07, 6.45) is 2.51. The van der Waals surface area contributed by atoms with Crippen molar-refractivity contribution in [2.24, 2.45) is 0 Å². The van der Waals surface area contributed by atoms with E-state index >= 15 is 0 Å². The lowest BCUT2D eigenvalue weighted by atomic mass is 9.99. The van der Waals surface area contributed by atoms with Crippen molar-refractivity contribution in [3.8, 4) is 11.1 Å². The molecule has 0 amide bonds. The van der Waals surface area contributed by atoms with Gasteiger partial charge in [-0.15, -0.1) is 0 Å². The highest BCUT2D eigenvalue weighted by molar-refractivity contribution is 7.93. The van der Waals surface area contributed by atoms with Gasteiger partial charge in [-0.3, -0.25) is 9.12 Å². The maximum atomic E-state index is 11.3. The Morgan fingerprint density at radius 3 is 2.19 bits per heavy atom. The second-order valence-corrected chi connectivity index (χ2v) is 10.3. The number of hydrogen-bond acceptors (Lipinski definition) is 3. The Labute approximate surface area is 160 Å². The van der Waals surface area contributed by atoms with Crippen LogP contribution in [0.15, 0.2) is 48.5 Å². The Morgan fingerprint density at radius 1 is 0.963 bits per heavy atom. The molecule has 0 fully saturated rings. The molecule has 8 heteroatoms. The van der Waals surface area contributed by atoms with Crippen LogP contribution in [0.4, 0.5) is 0 Å². The van der Waals surface area contributed by atoms with E-state index in [9.17, 15) is 13.0 Å². The zero-order valence-corrected chi connectivity index (χ0v) is 16.9. The minimum absolute atomic E-state index is 0.237. The third kappa shape index (κ3) is 6.55. The lowest BCUT2D eigenvalue weighted by Gasteiger charge is -2.15. The summed E-state index contributed by atoms with van der Waals surface area (Å²) in [4.78, 5) is 16.1. The van der Waals surface area contributed by atoms with Gasteiger partial charge in [0.1, 0.15) is 0 Å². The van der Waals surface area contributed by atoms with Gasteiger partial charge in [0, 0.05) is 0 Å². The van der Waals surface area contributed by atoms with Crippen molar-refractivity contribution >= 4 is 17.7 Å². The van der Waals surface area contributed by atoms with Crippen molar-refractivity contribution in [2.45, 2.75) is 44.0 Å². The fourth-order valence-corrected chi connectivity index (χ4v) is 5.40. The summed E-state index contributed by atoms with van der Waals surface area (Å²) in [5, 5.41) is 0. The van der Waals surface area contributed by atoms with E-state index in [4.69, 9.17) is 14.3 Å². The van der Waals surface area contributed by atoms with Gasteiger partial charge >= 0.3 is 7.60 Å². The van der Waals surface area contributed by atoms with E-state index in [1.54, 1.807) is 0 Å². The number of benzene rings is 2. The highest BCUT2D eigenvalue weighted by Gasteiger charge is 2.38. The van der Waals surface area contributed by atoms with Gasteiger partial charge in [-0.05, 0) is 47.9 Å². The molecule has 0 aromatic heterocycles. The lowest BCUT2D eigenvalue weighted by molar-refractivity contribution is 0.360. The van der Waals surface area contributed by atoms with Crippen molar-refractivity contribution in [1.29, 1.82) is 0 Å². The zero-order chi connectivity index (χ0) is 20.1. The average Bonchev–Trinajstić information content (AvgIpc) is 2.57. The molecular weight excluding hydrogens is 387 g/mol. The molecule has 0 heterocycles. The Hall–Kier alpha value is -1.50. The van der Waals surface area contributed by atoms with Crippen molar-refractivity contribution in [3.63, 3.8) is 0 Å². The van der Waals surface area contributed by atoms with E-state index in [-0.39, 0.29) is 12.8 Å². The maximum Gasteiger partial charge on any atom is 0.346 e. The molecule has 0 bridgehead atoms. The molecule has 0 saturated heterocycles. The molecule has 0 spiro atoms. The molecule has 2 aromatic rings. The van der Waals surface area contributed by atoms with Gasteiger partial charge in [0.2, 0.25) is 0 Å². The number of hydrogen-bond donors (Lipinski definition) is 3. The van der Waals surface area contributed by atoms with E-state index in [1.807, 2.05) is 36.4 Å². The third-order valence-electron chi connectivity index (χ3n) is 4.39. The number of rotatable bonds is 9. The van der Waals surface area contributed by atoms with Crippen molar-refractivity contribution in [3.05, 3.63) is 59.7 Å². The fraction of sp³-hybridized carbons (Fsp3) is 0.368. The van der Waals surface area contributed by atoms with Gasteiger partial charge in [-0.25, -0.2) is 0 Å². The van der Waals surface area contributed by atoms with Crippen LogP contribution in [0.2, 0.25) is 0 Å². The van der Waals surface area contributed by atoms with E-state index in [1.165, 1.54) is 5.56 Å². The Bertz CT molecular complexity index is 902. The Kier molecular flexibility index (Phi) is 7.37. The largest absolute Gasteiger partial charge is 0.346 e. The lowest BCUT2D eigenvalue weighted by Crippen LogP contribution is -2.20. The molecule has 0 aliphatic carbocycles. The van der Waals surface area contributed by atoms with Crippen LogP contribution in [0, 0.1) is 0 Å². The van der Waals surface area contributed by atoms with Gasteiger partial charge in [0.15, 0.2) is 4.99 Å². The highest BCUT2D eigenvalue weighted by atomic mass is 32.2. The van der Waals surface area contributed by atoms with Crippen LogP contribution in [0.25, 0.3) is 11.1 Å². The SMILES string of the molecule is CCCc1cccc(-c2ccc(CCCC(P(=O)(O)O)S(=O)(=O)O)cc2)c1. The summed E-state index contributed by atoms with van der Waals surface area (Å²) in [6, 6.07) is 16.1. The first-order chi connectivity index (χ1) is 12.6. The summed E-state index contributed by atoms with van der Waals surface area (Å²) in [5.74, 6) is 0. The van der Waals surface area contributed by atoms with Crippen molar-refractivity contribution in [1.82, 2.24) is 0 Å². The quantitative estimate of drug-likeness (QED) is 0.424. The van der Waals surface area contributed by atoms with Gasteiger partial charge < -0.3 is 9.79 Å². The molecule has 0 aliphatic rings. The Balaban J connectivity index is 2.02. The monoisotopic (exact) mass is 412 g/mol. The molecular formula is C19H25O6PS. The summed E-state index contributed by atoms with van der Waals surface area (Å²) in [5.41, 5.74) is 4.42. The zero-order valence-electron chi connectivity index (χ0n) is 15.2. The molecule has 1 unspecified atom stereocenters. The highest BCUT2D eigenvalue weighted by Crippen LogP contribution is 2.46. The van der Waals surface area contributed by atoms with Gasteiger partial charge in [0.25, 0.3) is 10.1 Å². The average molecular weight is 412 g/mol. The summed E-state index contributed by atoms with van der Waals surface area (Å²) >= 11 is 0. The molecule has 148 valence electrons. The molecule has 1 atom stereocenters. The Morgan fingerprint density at radius 2 is 1.63 bits per heavy atom. The summed E-state index contributed by atoms with van der Waals surface area (Å²) in [7, 11) is -9.71. The molecule has 27 heavy (non-hydrogen) atoms. The third-order valence-corrected chi connectivity index (χ3v) is 7.94. The van der Waals surface area contributed by atoms with E-state index in [0.717, 1.165) is 29.5 Å². The first-order valence-electron chi connectivity index (χ1n) is 8.81. The van der Waals surface area contributed by atoms with Crippen LogP contribution in [-0.2, 0) is 27.5 Å². The summed E-state index contributed by atoms with van der Waals surface area (Å²) in [6.45, 7) is 2.14. The van der Waals surface area contributed by atoms with E-state index in [2.05, 4.69) is 19.1 Å². The second-order valence-electron chi connectivity index (χ2n) is 6.60. The predicted molar refractivity (Wildman–Crippen MR) is 106 cm³/mol. The fourth-order valence-electron chi connectivity index (χ4n) is 3.03. The minimum Gasteiger partial charge on any atom is -0.323 e. The van der Waals surface area contributed by atoms with E-state index < -0.39 is 22.7 Å². The first kappa shape index (κ1) is 21.8. The smallest absolute Gasteiger partial charge is 0.323 e. The van der Waals surface area contributed by atoms with Crippen LogP contribution in [0.5, 0.6) is 0 Å². The second kappa shape index (κ2) is 9.13. The van der Waals surface area contributed by atoms with Crippen LogP contribution in [0.3, 0.4) is 0 Å². The molecule has 0 aliphatic heterocycles. The van der Waals surface area contributed by atoms with Crippen LogP contribution >= 0.6 is 7.60 Å². The molecule has 2 rings (SSSR count). The van der Waals surface area contributed by atoms with Crippen LogP contribution in [-0.4, -0.2) is 27.7 Å². The molecule has 3 N–H and O–H groups in total. The number of aryl methyl sites for hydroxylation is 2. The van der Waals surface area contributed by atoms with Gasteiger partial charge in [0.05, 0.1) is 0 Å².